The van der Waals surface area contributed by atoms with Gasteiger partial charge >= 0.3 is 12.0 Å². The molecule has 1 aromatic carbocycles. The predicted molar refractivity (Wildman–Crippen MR) is 117 cm³/mol. The summed E-state index contributed by atoms with van der Waals surface area (Å²) in [6, 6.07) is 4.66. The molecule has 0 aliphatic carbocycles. The molecule has 1 fully saturated rings. The van der Waals surface area contributed by atoms with Crippen molar-refractivity contribution in [2.75, 3.05) is 39.8 Å². The first-order valence-electron chi connectivity index (χ1n) is 11.0. The SMILES string of the molecule is CCOC(=O)C1=C(CN2CCN(C(=O)CC)[C@H](C)C2)N(C)C(=O)N[C@@H]1c1cccc(F)c1. The highest BCUT2D eigenvalue weighted by atomic mass is 19.1. The molecule has 2 aliphatic rings. The van der Waals surface area contributed by atoms with Crippen LogP contribution in [0, 0.1) is 5.82 Å². The second-order valence-corrected chi connectivity index (χ2v) is 8.10. The van der Waals surface area contributed by atoms with Gasteiger partial charge in [-0.3, -0.25) is 14.6 Å². The molecular weight excluding hydrogens is 415 g/mol. The summed E-state index contributed by atoms with van der Waals surface area (Å²) in [6.07, 6.45) is 0.459. The summed E-state index contributed by atoms with van der Waals surface area (Å²) in [5, 5.41) is 2.79. The third-order valence-corrected chi connectivity index (χ3v) is 5.96. The Hall–Kier alpha value is -2.94. The monoisotopic (exact) mass is 446 g/mol. The van der Waals surface area contributed by atoms with Crippen molar-refractivity contribution in [3.05, 3.63) is 46.9 Å². The molecule has 9 heteroatoms. The van der Waals surface area contributed by atoms with Crippen LogP contribution in [0.3, 0.4) is 0 Å². The lowest BCUT2D eigenvalue weighted by Crippen LogP contribution is -2.56. The molecule has 0 bridgehead atoms. The van der Waals surface area contributed by atoms with E-state index in [1.165, 1.54) is 17.0 Å². The van der Waals surface area contributed by atoms with Crippen LogP contribution in [0.15, 0.2) is 35.5 Å². The Bertz CT molecular complexity index is 919. The van der Waals surface area contributed by atoms with Gasteiger partial charge in [0, 0.05) is 51.4 Å². The number of carbonyl (C=O) groups excluding carboxylic acids is 3. The molecule has 0 aromatic heterocycles. The summed E-state index contributed by atoms with van der Waals surface area (Å²) in [7, 11) is 1.60. The van der Waals surface area contributed by atoms with Crippen molar-refractivity contribution >= 4 is 17.9 Å². The smallest absolute Gasteiger partial charge is 0.338 e. The number of amides is 3. The Morgan fingerprint density at radius 1 is 1.25 bits per heavy atom. The number of benzene rings is 1. The first kappa shape index (κ1) is 23.7. The van der Waals surface area contributed by atoms with Crippen molar-refractivity contribution in [3.63, 3.8) is 0 Å². The average Bonchev–Trinajstić information content (AvgIpc) is 2.76. The van der Waals surface area contributed by atoms with E-state index in [9.17, 15) is 18.8 Å². The van der Waals surface area contributed by atoms with E-state index in [-0.39, 0.29) is 24.6 Å². The normalized spacial score (nSPS) is 22.1. The van der Waals surface area contributed by atoms with Gasteiger partial charge in [0.15, 0.2) is 0 Å². The number of hydrogen-bond acceptors (Lipinski definition) is 5. The lowest BCUT2D eigenvalue weighted by atomic mass is 9.94. The molecule has 8 nitrogen and oxygen atoms in total. The quantitative estimate of drug-likeness (QED) is 0.678. The van der Waals surface area contributed by atoms with Gasteiger partial charge in [-0.25, -0.2) is 14.0 Å². The second-order valence-electron chi connectivity index (χ2n) is 8.10. The summed E-state index contributed by atoms with van der Waals surface area (Å²) in [6.45, 7) is 7.89. The standard InChI is InChI=1S/C23H31FN4O4/c1-5-19(29)28-11-10-27(13-15(28)3)14-18-20(22(30)32-6-2)21(25-23(31)26(18)4)16-8-7-9-17(24)12-16/h7-9,12,15,21H,5-6,10-11,13-14H2,1-4H3,(H,25,31)/t15-,21-/m1/s1. The zero-order valence-corrected chi connectivity index (χ0v) is 19.1. The third-order valence-electron chi connectivity index (χ3n) is 5.96. The molecule has 2 heterocycles. The lowest BCUT2D eigenvalue weighted by Gasteiger charge is -2.42. The number of nitrogens with zero attached hydrogens (tertiary/aromatic N) is 3. The third kappa shape index (κ3) is 4.93. The number of halogens is 1. The number of rotatable bonds is 6. The van der Waals surface area contributed by atoms with Crippen LogP contribution in [0.1, 0.15) is 38.8 Å². The second kappa shape index (κ2) is 10.1. The van der Waals surface area contributed by atoms with E-state index in [2.05, 4.69) is 10.2 Å². The summed E-state index contributed by atoms with van der Waals surface area (Å²) in [5.41, 5.74) is 1.28. The van der Waals surface area contributed by atoms with E-state index in [4.69, 9.17) is 4.74 Å². The molecule has 0 spiro atoms. The van der Waals surface area contributed by atoms with Crippen molar-refractivity contribution in [1.82, 2.24) is 20.0 Å². The topological polar surface area (TPSA) is 82.2 Å². The molecule has 2 aliphatic heterocycles. The molecule has 1 saturated heterocycles. The van der Waals surface area contributed by atoms with Crippen molar-refractivity contribution in [2.24, 2.45) is 0 Å². The largest absolute Gasteiger partial charge is 0.463 e. The van der Waals surface area contributed by atoms with Crippen LogP contribution in [0.2, 0.25) is 0 Å². The van der Waals surface area contributed by atoms with E-state index in [1.54, 1.807) is 26.1 Å². The van der Waals surface area contributed by atoms with Crippen LogP contribution in [0.25, 0.3) is 0 Å². The molecule has 3 amide bonds. The van der Waals surface area contributed by atoms with Crippen LogP contribution < -0.4 is 5.32 Å². The number of nitrogens with one attached hydrogen (secondary N) is 1. The van der Waals surface area contributed by atoms with Gasteiger partial charge in [0.25, 0.3) is 0 Å². The molecule has 1 aromatic rings. The molecular formula is C23H31FN4O4. The zero-order valence-electron chi connectivity index (χ0n) is 19.1. The fourth-order valence-electron chi connectivity index (χ4n) is 4.30. The number of urea groups is 1. The Morgan fingerprint density at radius 2 is 2.00 bits per heavy atom. The van der Waals surface area contributed by atoms with Gasteiger partial charge in [-0.05, 0) is 31.5 Å². The highest BCUT2D eigenvalue weighted by Gasteiger charge is 2.38. The fraction of sp³-hybridized carbons (Fsp3) is 0.522. The number of esters is 1. The van der Waals surface area contributed by atoms with E-state index < -0.39 is 17.8 Å². The highest BCUT2D eigenvalue weighted by Crippen LogP contribution is 2.32. The molecule has 2 atom stereocenters. The van der Waals surface area contributed by atoms with Gasteiger partial charge in [-0.2, -0.15) is 0 Å². The predicted octanol–water partition coefficient (Wildman–Crippen LogP) is 2.28. The first-order chi connectivity index (χ1) is 15.3. The minimum Gasteiger partial charge on any atom is -0.463 e. The first-order valence-corrected chi connectivity index (χ1v) is 11.0. The van der Waals surface area contributed by atoms with Gasteiger partial charge in [-0.1, -0.05) is 19.1 Å². The van der Waals surface area contributed by atoms with Crippen molar-refractivity contribution in [2.45, 2.75) is 39.3 Å². The molecule has 3 rings (SSSR count). The molecule has 174 valence electrons. The van der Waals surface area contributed by atoms with Crippen molar-refractivity contribution in [3.8, 4) is 0 Å². The molecule has 0 saturated carbocycles. The summed E-state index contributed by atoms with van der Waals surface area (Å²) >= 11 is 0. The zero-order chi connectivity index (χ0) is 23.4. The van der Waals surface area contributed by atoms with Gasteiger partial charge in [0.1, 0.15) is 5.82 Å². The fourth-order valence-corrected chi connectivity index (χ4v) is 4.30. The maximum atomic E-state index is 13.9. The Labute approximate surface area is 188 Å². The number of piperazine rings is 1. The van der Waals surface area contributed by atoms with Crippen LogP contribution in [0.4, 0.5) is 9.18 Å². The van der Waals surface area contributed by atoms with Gasteiger partial charge in [-0.15, -0.1) is 0 Å². The molecule has 0 unspecified atom stereocenters. The van der Waals surface area contributed by atoms with Crippen LogP contribution >= 0.6 is 0 Å². The Kier molecular flexibility index (Phi) is 7.50. The Balaban J connectivity index is 1.96. The van der Waals surface area contributed by atoms with E-state index in [1.807, 2.05) is 18.7 Å². The van der Waals surface area contributed by atoms with Crippen molar-refractivity contribution in [1.29, 1.82) is 0 Å². The van der Waals surface area contributed by atoms with E-state index in [0.717, 1.165) is 0 Å². The molecule has 0 radical (unpaired) electrons. The minimum atomic E-state index is -0.816. The lowest BCUT2D eigenvalue weighted by molar-refractivity contribution is -0.139. The summed E-state index contributed by atoms with van der Waals surface area (Å²) in [5.74, 6) is -0.883. The van der Waals surface area contributed by atoms with Gasteiger partial charge in [0.05, 0.1) is 18.2 Å². The average molecular weight is 447 g/mol. The minimum absolute atomic E-state index is 0.0181. The summed E-state index contributed by atoms with van der Waals surface area (Å²) < 4.78 is 19.2. The maximum Gasteiger partial charge on any atom is 0.338 e. The maximum absolute atomic E-state index is 13.9. The number of hydrogen-bond donors (Lipinski definition) is 1. The number of likely N-dealkylation sites (N-methyl/N-ethyl adjacent to an activating group) is 1. The summed E-state index contributed by atoms with van der Waals surface area (Å²) in [4.78, 5) is 43.3. The molecule has 1 N–H and O–H groups in total. The number of carbonyl (C=O) groups is 3. The van der Waals surface area contributed by atoms with Gasteiger partial charge in [0.2, 0.25) is 5.91 Å². The van der Waals surface area contributed by atoms with E-state index in [0.29, 0.717) is 49.4 Å². The van der Waals surface area contributed by atoms with Crippen LogP contribution in [-0.4, -0.2) is 78.5 Å². The van der Waals surface area contributed by atoms with E-state index >= 15 is 0 Å². The van der Waals surface area contributed by atoms with Crippen molar-refractivity contribution < 1.29 is 23.5 Å². The van der Waals surface area contributed by atoms with Gasteiger partial charge < -0.3 is 15.0 Å². The number of ether oxygens (including phenoxy) is 1. The van der Waals surface area contributed by atoms with Crippen LogP contribution in [0.5, 0.6) is 0 Å². The Morgan fingerprint density at radius 3 is 2.62 bits per heavy atom. The highest BCUT2D eigenvalue weighted by molar-refractivity contribution is 5.95. The molecule has 32 heavy (non-hydrogen) atoms. The van der Waals surface area contributed by atoms with Crippen LogP contribution in [-0.2, 0) is 14.3 Å².